The zero-order valence-electron chi connectivity index (χ0n) is 16.0. The Morgan fingerprint density at radius 3 is 2.90 bits per heavy atom. The number of ether oxygens (including phenoxy) is 1. The predicted molar refractivity (Wildman–Crippen MR) is 114 cm³/mol. The maximum absolute atomic E-state index is 12.6. The van der Waals surface area contributed by atoms with Crippen LogP contribution < -0.4 is 5.32 Å². The number of likely N-dealkylation sites (tertiary alicyclic amines) is 1. The van der Waals surface area contributed by atoms with Crippen LogP contribution in [0.2, 0.25) is 0 Å². The van der Waals surface area contributed by atoms with Crippen molar-refractivity contribution in [2.75, 3.05) is 18.5 Å². The number of nitrogens with zero attached hydrogens (tertiary/aromatic N) is 3. The number of carbonyl (C=O) groups is 3. The Morgan fingerprint density at radius 1 is 1.32 bits per heavy atom. The van der Waals surface area contributed by atoms with E-state index in [9.17, 15) is 24.5 Å². The molecule has 0 bridgehead atoms. The Morgan fingerprint density at radius 2 is 2.16 bits per heavy atom. The van der Waals surface area contributed by atoms with E-state index in [0.29, 0.717) is 34.5 Å². The van der Waals surface area contributed by atoms with Crippen molar-refractivity contribution in [3.63, 3.8) is 0 Å². The first-order valence-electron chi connectivity index (χ1n) is 9.28. The van der Waals surface area contributed by atoms with Crippen molar-refractivity contribution in [3.05, 3.63) is 50.7 Å². The van der Waals surface area contributed by atoms with Crippen LogP contribution in [-0.2, 0) is 14.3 Å². The highest BCUT2D eigenvalue weighted by atomic mass is 32.1. The number of amides is 2. The van der Waals surface area contributed by atoms with Gasteiger partial charge in [-0.1, -0.05) is 17.4 Å². The lowest BCUT2D eigenvalue weighted by molar-refractivity contribution is -0.384. The Balaban J connectivity index is 1.34. The molecule has 1 saturated heterocycles. The molecular weight excluding hydrogens is 444 g/mol. The number of esters is 1. The fourth-order valence-electron chi connectivity index (χ4n) is 3.27. The van der Waals surface area contributed by atoms with E-state index in [4.69, 9.17) is 4.74 Å². The average Bonchev–Trinajstić information content (AvgIpc) is 3.50. The second kappa shape index (κ2) is 8.78. The number of hydrogen-bond acceptors (Lipinski definition) is 9. The van der Waals surface area contributed by atoms with Crippen LogP contribution in [0.1, 0.15) is 22.5 Å². The molecule has 1 N–H and O–H groups in total. The molecule has 1 aliphatic rings. The number of nitro benzene ring substituents is 1. The smallest absolute Gasteiger partial charge is 0.329 e. The number of nitrogens with one attached hydrogen (secondary N) is 1. The number of fused-ring (bicyclic) bond motifs is 1. The van der Waals surface area contributed by atoms with Crippen LogP contribution in [0.25, 0.3) is 10.2 Å². The van der Waals surface area contributed by atoms with Crippen molar-refractivity contribution < 1.29 is 24.0 Å². The Bertz CT molecular complexity index is 1160. The zero-order chi connectivity index (χ0) is 22.0. The van der Waals surface area contributed by atoms with Gasteiger partial charge in [0.05, 0.1) is 20.0 Å². The van der Waals surface area contributed by atoms with Crippen molar-refractivity contribution in [1.82, 2.24) is 9.88 Å². The van der Waals surface area contributed by atoms with Gasteiger partial charge in [0.2, 0.25) is 0 Å². The van der Waals surface area contributed by atoms with Crippen LogP contribution in [0.4, 0.5) is 10.8 Å². The molecule has 31 heavy (non-hydrogen) atoms. The number of non-ortho nitro benzene ring substituents is 1. The maximum atomic E-state index is 12.6. The van der Waals surface area contributed by atoms with E-state index < -0.39 is 29.4 Å². The lowest BCUT2D eigenvalue weighted by Crippen LogP contribution is -2.41. The topological polar surface area (TPSA) is 132 Å². The van der Waals surface area contributed by atoms with Crippen molar-refractivity contribution in [2.45, 2.75) is 18.9 Å². The highest BCUT2D eigenvalue weighted by Gasteiger charge is 2.36. The van der Waals surface area contributed by atoms with Gasteiger partial charge in [0.15, 0.2) is 11.7 Å². The second-order valence-electron chi connectivity index (χ2n) is 6.72. The molecule has 0 radical (unpaired) electrons. The van der Waals surface area contributed by atoms with Crippen LogP contribution in [0.15, 0.2) is 35.7 Å². The van der Waals surface area contributed by atoms with Crippen LogP contribution >= 0.6 is 22.7 Å². The third-order valence-corrected chi connectivity index (χ3v) is 6.48. The molecule has 1 fully saturated rings. The lowest BCUT2D eigenvalue weighted by Gasteiger charge is -2.22. The zero-order valence-corrected chi connectivity index (χ0v) is 17.6. The molecule has 1 aromatic carbocycles. The third kappa shape index (κ3) is 4.54. The molecule has 0 aliphatic carbocycles. The molecule has 3 heterocycles. The minimum absolute atomic E-state index is 0.0684. The van der Waals surface area contributed by atoms with Gasteiger partial charge in [-0.05, 0) is 30.4 Å². The number of aromatic nitrogens is 1. The predicted octanol–water partition coefficient (Wildman–Crippen LogP) is 3.05. The number of carbonyl (C=O) groups excluding carboxylic acids is 3. The van der Waals surface area contributed by atoms with Crippen LogP contribution in [0.5, 0.6) is 0 Å². The summed E-state index contributed by atoms with van der Waals surface area (Å²) in [6, 6.07) is 6.96. The van der Waals surface area contributed by atoms with Crippen molar-refractivity contribution in [2.24, 2.45) is 0 Å². The summed E-state index contributed by atoms with van der Waals surface area (Å²) in [5.41, 5.74) is 0.442. The molecule has 1 aliphatic heterocycles. The van der Waals surface area contributed by atoms with Crippen LogP contribution in [0, 0.1) is 10.1 Å². The molecule has 160 valence electrons. The standard InChI is InChI=1S/C19H16N4O6S2/c24-16(21-19-20-12-6-5-11(23(27)28)9-15(12)31-19)10-29-18(26)13-3-1-7-22(13)17(25)14-4-2-8-30-14/h2,4-6,8-9,13H,1,3,7,10H2,(H,20,21,24). The number of hydrogen-bond donors (Lipinski definition) is 1. The number of benzene rings is 1. The number of anilines is 1. The summed E-state index contributed by atoms with van der Waals surface area (Å²) in [6.45, 7) is -0.0625. The SMILES string of the molecule is O=C(COC(=O)C1CCCN1C(=O)c1cccs1)Nc1nc2ccc([N+](=O)[O-])cc2s1. The minimum Gasteiger partial charge on any atom is -0.454 e. The van der Waals surface area contributed by atoms with E-state index >= 15 is 0 Å². The lowest BCUT2D eigenvalue weighted by atomic mass is 10.2. The van der Waals surface area contributed by atoms with Gasteiger partial charge < -0.3 is 9.64 Å². The number of rotatable bonds is 6. The average molecular weight is 460 g/mol. The fourth-order valence-corrected chi connectivity index (χ4v) is 4.86. The van der Waals surface area contributed by atoms with Crippen molar-refractivity contribution in [3.8, 4) is 0 Å². The summed E-state index contributed by atoms with van der Waals surface area (Å²) < 4.78 is 5.68. The Labute approximate surface area is 183 Å². The Kier molecular flexibility index (Phi) is 5.91. The normalized spacial score (nSPS) is 15.7. The van der Waals surface area contributed by atoms with Crippen molar-refractivity contribution >= 4 is 61.5 Å². The van der Waals surface area contributed by atoms with Gasteiger partial charge in [-0.15, -0.1) is 11.3 Å². The summed E-state index contributed by atoms with van der Waals surface area (Å²) >= 11 is 2.38. The number of nitro groups is 1. The molecule has 1 atom stereocenters. The molecular formula is C19H16N4O6S2. The van der Waals surface area contributed by atoms with E-state index in [1.165, 1.54) is 34.4 Å². The molecule has 0 spiro atoms. The summed E-state index contributed by atoms with van der Waals surface area (Å²) in [7, 11) is 0. The molecule has 4 rings (SSSR count). The number of thiophene rings is 1. The fraction of sp³-hybridized carbons (Fsp3) is 0.263. The van der Waals surface area contributed by atoms with E-state index in [2.05, 4.69) is 10.3 Å². The van der Waals surface area contributed by atoms with E-state index in [0.717, 1.165) is 11.3 Å². The molecule has 10 nitrogen and oxygen atoms in total. The second-order valence-corrected chi connectivity index (χ2v) is 8.70. The molecule has 3 aromatic rings. The Hall–Kier alpha value is -3.38. The summed E-state index contributed by atoms with van der Waals surface area (Å²) in [6.07, 6.45) is 1.16. The van der Waals surface area contributed by atoms with Gasteiger partial charge in [-0.3, -0.25) is 25.0 Å². The van der Waals surface area contributed by atoms with Crippen LogP contribution in [-0.4, -0.2) is 51.8 Å². The molecule has 2 amide bonds. The van der Waals surface area contributed by atoms with Gasteiger partial charge in [0, 0.05) is 18.7 Å². The van der Waals surface area contributed by atoms with Gasteiger partial charge >= 0.3 is 5.97 Å². The largest absolute Gasteiger partial charge is 0.454 e. The molecule has 12 heteroatoms. The summed E-state index contributed by atoms with van der Waals surface area (Å²) in [5.74, 6) is -1.43. The minimum atomic E-state index is -0.717. The monoisotopic (exact) mass is 460 g/mol. The third-order valence-electron chi connectivity index (χ3n) is 4.69. The molecule has 2 aromatic heterocycles. The van der Waals surface area contributed by atoms with E-state index in [1.54, 1.807) is 17.5 Å². The van der Waals surface area contributed by atoms with Crippen molar-refractivity contribution in [1.29, 1.82) is 0 Å². The quantitative estimate of drug-likeness (QED) is 0.340. The highest BCUT2D eigenvalue weighted by molar-refractivity contribution is 7.22. The summed E-state index contributed by atoms with van der Waals surface area (Å²) in [5, 5.41) is 15.4. The number of thiazole rings is 1. The molecule has 0 saturated carbocycles. The first-order valence-corrected chi connectivity index (χ1v) is 11.0. The van der Waals surface area contributed by atoms with E-state index in [1.807, 2.05) is 0 Å². The first kappa shape index (κ1) is 20.9. The summed E-state index contributed by atoms with van der Waals surface area (Å²) in [4.78, 5) is 53.8. The van der Waals surface area contributed by atoms with E-state index in [-0.39, 0.29) is 16.7 Å². The van der Waals surface area contributed by atoms with Crippen LogP contribution in [0.3, 0.4) is 0 Å². The van der Waals surface area contributed by atoms with Gasteiger partial charge in [-0.2, -0.15) is 0 Å². The van der Waals surface area contributed by atoms with Gasteiger partial charge in [-0.25, -0.2) is 9.78 Å². The van der Waals surface area contributed by atoms with Gasteiger partial charge in [0.1, 0.15) is 6.04 Å². The first-order chi connectivity index (χ1) is 14.9. The van der Waals surface area contributed by atoms with Gasteiger partial charge in [0.25, 0.3) is 17.5 Å². The highest BCUT2D eigenvalue weighted by Crippen LogP contribution is 2.29. The maximum Gasteiger partial charge on any atom is 0.329 e. The molecule has 1 unspecified atom stereocenters.